The fraction of sp³-hybridized carbons (Fsp3) is 0.417. The maximum atomic E-state index is 4.71. The third kappa shape index (κ3) is 2.00. The van der Waals surface area contributed by atoms with Crippen LogP contribution in [0, 0.1) is 0 Å². The minimum absolute atomic E-state index is 0.650. The second kappa shape index (κ2) is 4.41. The Bertz CT molecular complexity index is 503. The number of thioether (sulfide) groups is 1. The summed E-state index contributed by atoms with van der Waals surface area (Å²) in [6.45, 7) is 0. The van der Waals surface area contributed by atoms with Crippen LogP contribution in [0.3, 0.4) is 0 Å². The van der Waals surface area contributed by atoms with Gasteiger partial charge in [-0.25, -0.2) is 4.98 Å². The number of imidazole rings is 1. The normalized spacial score (nSPS) is 21.4. The van der Waals surface area contributed by atoms with E-state index >= 15 is 0 Å². The molecule has 2 aromatic heterocycles. The molecule has 1 saturated heterocycles. The van der Waals surface area contributed by atoms with Crippen molar-refractivity contribution in [1.29, 1.82) is 0 Å². The number of fused-ring (bicyclic) bond motifs is 1. The van der Waals surface area contributed by atoms with Gasteiger partial charge in [0.2, 0.25) is 0 Å². The molecular weight excluding hydrogens is 284 g/mol. The minimum atomic E-state index is 0.650. The van der Waals surface area contributed by atoms with E-state index in [0.717, 1.165) is 10.1 Å². The third-order valence-corrected chi connectivity index (χ3v) is 4.70. The van der Waals surface area contributed by atoms with E-state index in [1.807, 2.05) is 6.07 Å². The molecule has 0 N–H and O–H groups in total. The first-order valence-corrected chi connectivity index (χ1v) is 7.49. The fourth-order valence-electron chi connectivity index (χ4n) is 2.15. The number of pyridine rings is 1. The molecule has 4 heteroatoms. The Morgan fingerprint density at radius 1 is 1.38 bits per heavy atom. The molecule has 1 atom stereocenters. The van der Waals surface area contributed by atoms with Crippen LogP contribution in [0.5, 0.6) is 0 Å². The van der Waals surface area contributed by atoms with Gasteiger partial charge in [0.25, 0.3) is 0 Å². The summed E-state index contributed by atoms with van der Waals surface area (Å²) in [7, 11) is 0. The number of aromatic nitrogens is 2. The van der Waals surface area contributed by atoms with Crippen molar-refractivity contribution in [2.24, 2.45) is 0 Å². The Morgan fingerprint density at radius 3 is 3.12 bits per heavy atom. The molecule has 0 amide bonds. The number of hydrogen-bond acceptors (Lipinski definition) is 2. The molecular formula is C12H13BrN2S. The van der Waals surface area contributed by atoms with Gasteiger partial charge in [0, 0.05) is 28.5 Å². The molecule has 0 saturated carbocycles. The van der Waals surface area contributed by atoms with Crippen LogP contribution in [0.2, 0.25) is 0 Å². The van der Waals surface area contributed by atoms with E-state index in [4.69, 9.17) is 4.98 Å². The Hall–Kier alpha value is -0.480. The van der Waals surface area contributed by atoms with Gasteiger partial charge < -0.3 is 4.40 Å². The van der Waals surface area contributed by atoms with E-state index in [9.17, 15) is 0 Å². The zero-order valence-electron chi connectivity index (χ0n) is 8.90. The number of halogens is 1. The predicted molar refractivity (Wildman–Crippen MR) is 72.2 cm³/mol. The van der Waals surface area contributed by atoms with Gasteiger partial charge in [0.1, 0.15) is 5.65 Å². The quantitative estimate of drug-likeness (QED) is 0.798. The molecule has 1 unspecified atom stereocenters. The largest absolute Gasteiger partial charge is 0.306 e. The summed E-state index contributed by atoms with van der Waals surface area (Å²) in [6, 6.07) is 4.10. The van der Waals surface area contributed by atoms with Crippen LogP contribution in [0.1, 0.15) is 24.5 Å². The van der Waals surface area contributed by atoms with Gasteiger partial charge in [-0.1, -0.05) is 0 Å². The topological polar surface area (TPSA) is 17.3 Å². The molecule has 1 aliphatic rings. The zero-order valence-corrected chi connectivity index (χ0v) is 11.3. The zero-order chi connectivity index (χ0) is 11.0. The molecule has 0 bridgehead atoms. The second-order valence-electron chi connectivity index (χ2n) is 4.19. The molecule has 3 heterocycles. The highest BCUT2D eigenvalue weighted by Gasteiger charge is 2.18. The van der Waals surface area contributed by atoms with E-state index in [2.05, 4.69) is 50.6 Å². The van der Waals surface area contributed by atoms with Gasteiger partial charge in [0.15, 0.2) is 0 Å². The third-order valence-electron chi connectivity index (χ3n) is 3.01. The Labute approximate surface area is 108 Å². The van der Waals surface area contributed by atoms with Crippen LogP contribution in [-0.4, -0.2) is 20.9 Å². The number of nitrogens with zero attached hydrogens (tertiary/aromatic N) is 2. The smallest absolute Gasteiger partial charge is 0.137 e. The molecule has 0 aliphatic carbocycles. The first kappa shape index (κ1) is 10.7. The Balaban J connectivity index is 1.97. The van der Waals surface area contributed by atoms with Crippen LogP contribution in [0.4, 0.5) is 0 Å². The van der Waals surface area contributed by atoms with Crippen LogP contribution >= 0.6 is 27.7 Å². The number of hydrogen-bond donors (Lipinski definition) is 0. The summed E-state index contributed by atoms with van der Waals surface area (Å²) in [4.78, 5) is 4.71. The fourth-order valence-corrected chi connectivity index (χ4v) is 3.67. The molecule has 0 spiro atoms. The van der Waals surface area contributed by atoms with Crippen molar-refractivity contribution in [3.8, 4) is 0 Å². The van der Waals surface area contributed by atoms with Crippen LogP contribution in [-0.2, 0) is 0 Å². The molecule has 84 valence electrons. The van der Waals surface area contributed by atoms with Crippen LogP contribution in [0.15, 0.2) is 29.0 Å². The van der Waals surface area contributed by atoms with E-state index in [1.54, 1.807) is 0 Å². The van der Waals surface area contributed by atoms with Crippen molar-refractivity contribution in [3.63, 3.8) is 0 Å². The van der Waals surface area contributed by atoms with E-state index < -0.39 is 0 Å². The van der Waals surface area contributed by atoms with Crippen molar-refractivity contribution in [3.05, 3.63) is 34.7 Å². The standard InChI is InChI=1S/C12H13BrN2S/c13-10-3-4-12-14-11(7-15(12)6-10)9-2-1-5-16-8-9/h3-4,6-7,9H,1-2,5,8H2. The van der Waals surface area contributed by atoms with Gasteiger partial charge in [-0.3, -0.25) is 0 Å². The molecule has 2 nitrogen and oxygen atoms in total. The average molecular weight is 297 g/mol. The predicted octanol–water partition coefficient (Wildman–Crippen LogP) is 3.71. The lowest BCUT2D eigenvalue weighted by Crippen LogP contribution is -2.08. The van der Waals surface area contributed by atoms with E-state index in [-0.39, 0.29) is 0 Å². The maximum absolute atomic E-state index is 4.71. The van der Waals surface area contributed by atoms with Gasteiger partial charge in [-0.15, -0.1) is 0 Å². The monoisotopic (exact) mass is 296 g/mol. The lowest BCUT2D eigenvalue weighted by Gasteiger charge is -2.18. The molecule has 1 fully saturated rings. The van der Waals surface area contributed by atoms with E-state index in [1.165, 1.54) is 30.0 Å². The van der Waals surface area contributed by atoms with Gasteiger partial charge >= 0.3 is 0 Å². The summed E-state index contributed by atoms with van der Waals surface area (Å²) in [5.74, 6) is 3.19. The maximum Gasteiger partial charge on any atom is 0.137 e. The first-order valence-electron chi connectivity index (χ1n) is 5.55. The molecule has 16 heavy (non-hydrogen) atoms. The highest BCUT2D eigenvalue weighted by Crippen LogP contribution is 2.30. The van der Waals surface area contributed by atoms with Crippen molar-refractivity contribution in [1.82, 2.24) is 9.38 Å². The SMILES string of the molecule is Brc1ccc2nc(C3CCCSC3)cn2c1. The Morgan fingerprint density at radius 2 is 2.31 bits per heavy atom. The Kier molecular flexibility index (Phi) is 2.94. The minimum Gasteiger partial charge on any atom is -0.306 e. The molecule has 2 aromatic rings. The lowest BCUT2D eigenvalue weighted by atomic mass is 10.0. The van der Waals surface area contributed by atoms with Gasteiger partial charge in [0.05, 0.1) is 5.69 Å². The van der Waals surface area contributed by atoms with Gasteiger partial charge in [-0.05, 0) is 46.7 Å². The van der Waals surface area contributed by atoms with Crippen molar-refractivity contribution in [2.45, 2.75) is 18.8 Å². The van der Waals surface area contributed by atoms with Gasteiger partial charge in [-0.2, -0.15) is 11.8 Å². The van der Waals surface area contributed by atoms with Crippen LogP contribution in [0.25, 0.3) is 5.65 Å². The lowest BCUT2D eigenvalue weighted by molar-refractivity contribution is 0.647. The first-order chi connectivity index (χ1) is 7.83. The summed E-state index contributed by atoms with van der Waals surface area (Å²) >= 11 is 5.54. The summed E-state index contributed by atoms with van der Waals surface area (Å²) in [5.41, 5.74) is 2.30. The van der Waals surface area contributed by atoms with Crippen molar-refractivity contribution < 1.29 is 0 Å². The highest BCUT2D eigenvalue weighted by molar-refractivity contribution is 9.10. The molecule has 0 aromatic carbocycles. The second-order valence-corrected chi connectivity index (χ2v) is 6.26. The van der Waals surface area contributed by atoms with Crippen molar-refractivity contribution >= 4 is 33.3 Å². The van der Waals surface area contributed by atoms with Crippen molar-refractivity contribution in [2.75, 3.05) is 11.5 Å². The molecule has 3 rings (SSSR count). The summed E-state index contributed by atoms with van der Waals surface area (Å²) < 4.78 is 3.21. The summed E-state index contributed by atoms with van der Waals surface area (Å²) in [5, 5.41) is 0. The number of rotatable bonds is 1. The van der Waals surface area contributed by atoms with Crippen LogP contribution < -0.4 is 0 Å². The summed E-state index contributed by atoms with van der Waals surface area (Å²) in [6.07, 6.45) is 6.86. The highest BCUT2D eigenvalue weighted by atomic mass is 79.9. The molecule has 1 aliphatic heterocycles. The average Bonchev–Trinajstić information content (AvgIpc) is 2.73. The van der Waals surface area contributed by atoms with E-state index in [0.29, 0.717) is 5.92 Å². The molecule has 0 radical (unpaired) electrons.